The Hall–Kier alpha value is -3.77. The van der Waals surface area contributed by atoms with Crippen LogP contribution in [-0.4, -0.2) is 93.7 Å². The number of rotatable bonds is 8. The standard InChI is InChI=1S/C28H37N9O3/c1-29-24-23-25(37(17-30-23)28(39)32-21-9-10-22(21)40-2)34-27(33-24)31-20-8-3-6-18(14-20)15-35-11-4-7-19(16-35)26(38)36-12-5-13-36/h3,6,8,14,17,19,21-22H,4-5,7,9-13,15-16H2,1-2H3,(H,32,39)(H2,29,31,33,34)/t19?,21-,22-/m1/s1. The number of imidazole rings is 1. The predicted molar refractivity (Wildman–Crippen MR) is 152 cm³/mol. The first kappa shape index (κ1) is 26.5. The molecule has 2 amide bonds. The molecule has 0 bridgehead atoms. The number of amides is 2. The van der Waals surface area contributed by atoms with Gasteiger partial charge in [-0.3, -0.25) is 9.69 Å². The van der Waals surface area contributed by atoms with Crippen molar-refractivity contribution in [3.63, 3.8) is 0 Å². The lowest BCUT2D eigenvalue weighted by Crippen LogP contribution is -2.52. The first-order valence-electron chi connectivity index (χ1n) is 14.2. The number of ether oxygens (including phenoxy) is 1. The first-order chi connectivity index (χ1) is 19.5. The van der Waals surface area contributed by atoms with E-state index in [1.165, 1.54) is 10.9 Å². The van der Waals surface area contributed by atoms with Crippen molar-refractivity contribution in [3.8, 4) is 0 Å². The predicted octanol–water partition coefficient (Wildman–Crippen LogP) is 2.79. The lowest BCUT2D eigenvalue weighted by molar-refractivity contribution is -0.141. The molecule has 3 N–H and O–H groups in total. The van der Waals surface area contributed by atoms with Crippen LogP contribution in [0.25, 0.3) is 11.2 Å². The van der Waals surface area contributed by atoms with Gasteiger partial charge >= 0.3 is 6.03 Å². The fraction of sp³-hybridized carbons (Fsp3) is 0.536. The van der Waals surface area contributed by atoms with Crippen LogP contribution in [0.5, 0.6) is 0 Å². The molecule has 0 radical (unpaired) electrons. The number of carbonyl (C=O) groups is 2. The van der Waals surface area contributed by atoms with Gasteiger partial charge in [0.15, 0.2) is 17.0 Å². The zero-order valence-electron chi connectivity index (χ0n) is 23.1. The minimum absolute atomic E-state index is 0.0232. The van der Waals surface area contributed by atoms with Crippen LogP contribution in [0.1, 0.15) is 37.7 Å². The summed E-state index contributed by atoms with van der Waals surface area (Å²) in [5, 5.41) is 9.39. The van der Waals surface area contributed by atoms with E-state index in [2.05, 4.69) is 47.9 Å². The molecule has 40 heavy (non-hydrogen) atoms. The van der Waals surface area contributed by atoms with Crippen molar-refractivity contribution in [1.82, 2.24) is 34.6 Å². The minimum Gasteiger partial charge on any atom is -0.379 e. The molecular weight excluding hydrogens is 510 g/mol. The Labute approximate surface area is 233 Å². The number of methoxy groups -OCH3 is 1. The van der Waals surface area contributed by atoms with E-state index in [0.717, 1.165) is 76.1 Å². The average molecular weight is 548 g/mol. The number of nitrogens with zero attached hydrogens (tertiary/aromatic N) is 6. The number of carbonyl (C=O) groups excluding carboxylic acids is 2. The molecule has 212 valence electrons. The van der Waals surface area contributed by atoms with Crippen molar-refractivity contribution in [2.75, 3.05) is 51.0 Å². The van der Waals surface area contributed by atoms with Crippen molar-refractivity contribution >= 4 is 40.6 Å². The van der Waals surface area contributed by atoms with Crippen molar-refractivity contribution in [1.29, 1.82) is 0 Å². The Bertz CT molecular complexity index is 1390. The van der Waals surface area contributed by atoms with Crippen molar-refractivity contribution in [3.05, 3.63) is 36.2 Å². The molecular formula is C28H37N9O3. The SMILES string of the molecule is CNc1nc(Nc2cccc(CN3CCCC(C(=O)N4CCC4)C3)c2)nc2c1ncn2C(=O)N[C@@H]1CC[C@H]1OC. The van der Waals surface area contributed by atoms with Gasteiger partial charge in [0.25, 0.3) is 0 Å². The van der Waals surface area contributed by atoms with Crippen LogP contribution in [0.4, 0.5) is 22.2 Å². The van der Waals surface area contributed by atoms with Gasteiger partial charge in [0.1, 0.15) is 6.33 Å². The summed E-state index contributed by atoms with van der Waals surface area (Å²) >= 11 is 0. The number of hydrogen-bond acceptors (Lipinski definition) is 9. The van der Waals surface area contributed by atoms with Crippen LogP contribution >= 0.6 is 0 Å². The summed E-state index contributed by atoms with van der Waals surface area (Å²) in [7, 11) is 3.43. The Morgan fingerprint density at radius 3 is 2.70 bits per heavy atom. The highest BCUT2D eigenvalue weighted by molar-refractivity contribution is 5.92. The normalized spacial score (nSPS) is 22.9. The summed E-state index contributed by atoms with van der Waals surface area (Å²) in [5.74, 6) is 1.31. The van der Waals surface area contributed by atoms with E-state index in [9.17, 15) is 9.59 Å². The molecule has 2 aliphatic heterocycles. The molecule has 2 aromatic heterocycles. The maximum absolute atomic E-state index is 13.0. The number of fused-ring (bicyclic) bond motifs is 1. The lowest BCUT2D eigenvalue weighted by atomic mass is 9.89. The third kappa shape index (κ3) is 5.33. The minimum atomic E-state index is -0.296. The fourth-order valence-electron chi connectivity index (χ4n) is 5.75. The highest BCUT2D eigenvalue weighted by atomic mass is 16.5. The van der Waals surface area contributed by atoms with Gasteiger partial charge in [-0.1, -0.05) is 12.1 Å². The molecule has 1 saturated carbocycles. The summed E-state index contributed by atoms with van der Waals surface area (Å²) in [4.78, 5) is 43.8. The largest absolute Gasteiger partial charge is 0.379 e. The third-order valence-corrected chi connectivity index (χ3v) is 8.29. The van der Waals surface area contributed by atoms with E-state index in [1.807, 2.05) is 17.0 Å². The number of benzene rings is 1. The Morgan fingerprint density at radius 2 is 1.98 bits per heavy atom. The molecule has 6 rings (SSSR count). The van der Waals surface area contributed by atoms with Crippen LogP contribution in [0.15, 0.2) is 30.6 Å². The molecule has 4 heterocycles. The molecule has 3 fully saturated rings. The third-order valence-electron chi connectivity index (χ3n) is 8.29. The zero-order chi connectivity index (χ0) is 27.6. The quantitative estimate of drug-likeness (QED) is 0.390. The number of nitrogens with one attached hydrogen (secondary N) is 3. The summed E-state index contributed by atoms with van der Waals surface area (Å²) in [6.45, 7) is 4.39. The van der Waals surface area contributed by atoms with E-state index in [4.69, 9.17) is 4.74 Å². The van der Waals surface area contributed by atoms with E-state index in [0.29, 0.717) is 28.8 Å². The monoisotopic (exact) mass is 547 g/mol. The second kappa shape index (κ2) is 11.4. The van der Waals surface area contributed by atoms with Gasteiger partial charge in [-0.05, 0) is 56.3 Å². The molecule has 1 unspecified atom stereocenters. The van der Waals surface area contributed by atoms with Crippen LogP contribution in [-0.2, 0) is 16.1 Å². The van der Waals surface area contributed by atoms with E-state index in [-0.39, 0.29) is 24.1 Å². The molecule has 3 aromatic rings. The highest BCUT2D eigenvalue weighted by Gasteiger charge is 2.33. The molecule has 12 nitrogen and oxygen atoms in total. The van der Waals surface area contributed by atoms with Crippen LogP contribution in [0, 0.1) is 5.92 Å². The van der Waals surface area contributed by atoms with Gasteiger partial charge in [-0.25, -0.2) is 14.3 Å². The Kier molecular flexibility index (Phi) is 7.53. The van der Waals surface area contributed by atoms with E-state index >= 15 is 0 Å². The van der Waals surface area contributed by atoms with E-state index < -0.39 is 0 Å². The van der Waals surface area contributed by atoms with E-state index in [1.54, 1.807) is 14.2 Å². The van der Waals surface area contributed by atoms with Gasteiger partial charge in [-0.2, -0.15) is 9.97 Å². The molecule has 2 saturated heterocycles. The van der Waals surface area contributed by atoms with Crippen LogP contribution < -0.4 is 16.0 Å². The molecule has 3 atom stereocenters. The molecule has 3 aliphatic rings. The number of aromatic nitrogens is 4. The smallest absolute Gasteiger partial charge is 0.328 e. The Morgan fingerprint density at radius 1 is 1.10 bits per heavy atom. The summed E-state index contributed by atoms with van der Waals surface area (Å²) in [6.07, 6.45) is 6.45. The van der Waals surface area contributed by atoms with Gasteiger partial charge in [0.2, 0.25) is 11.9 Å². The summed E-state index contributed by atoms with van der Waals surface area (Å²) in [6, 6.07) is 7.83. The molecule has 0 spiro atoms. The summed E-state index contributed by atoms with van der Waals surface area (Å²) < 4.78 is 6.83. The van der Waals surface area contributed by atoms with Crippen LogP contribution in [0.2, 0.25) is 0 Å². The number of anilines is 3. The number of hydrogen-bond donors (Lipinski definition) is 3. The van der Waals surface area contributed by atoms with Crippen molar-refractivity contribution in [2.24, 2.45) is 5.92 Å². The number of likely N-dealkylation sites (tertiary alicyclic amines) is 2. The van der Waals surface area contributed by atoms with Crippen molar-refractivity contribution in [2.45, 2.75) is 50.8 Å². The second-order valence-electron chi connectivity index (χ2n) is 10.9. The Balaban J connectivity index is 1.16. The lowest BCUT2D eigenvalue weighted by Gasteiger charge is -2.38. The number of piperidine rings is 1. The maximum Gasteiger partial charge on any atom is 0.328 e. The van der Waals surface area contributed by atoms with Crippen LogP contribution in [0.3, 0.4) is 0 Å². The molecule has 12 heteroatoms. The maximum atomic E-state index is 13.0. The second-order valence-corrected chi connectivity index (χ2v) is 10.9. The summed E-state index contributed by atoms with van der Waals surface area (Å²) in [5.41, 5.74) is 2.92. The first-order valence-corrected chi connectivity index (χ1v) is 14.2. The topological polar surface area (TPSA) is 130 Å². The molecule has 1 aromatic carbocycles. The highest BCUT2D eigenvalue weighted by Crippen LogP contribution is 2.26. The molecule has 1 aliphatic carbocycles. The average Bonchev–Trinajstić information content (AvgIpc) is 3.34. The van der Waals surface area contributed by atoms with Gasteiger partial charge < -0.3 is 25.6 Å². The fourth-order valence-corrected chi connectivity index (χ4v) is 5.75. The van der Waals surface area contributed by atoms with Gasteiger partial charge in [-0.15, -0.1) is 0 Å². The van der Waals surface area contributed by atoms with Gasteiger partial charge in [0.05, 0.1) is 18.1 Å². The van der Waals surface area contributed by atoms with Crippen molar-refractivity contribution < 1.29 is 14.3 Å². The zero-order valence-corrected chi connectivity index (χ0v) is 23.1. The van der Waals surface area contributed by atoms with Gasteiger partial charge in [0, 0.05) is 46.0 Å².